The van der Waals surface area contributed by atoms with Gasteiger partial charge < -0.3 is 4.74 Å². The van der Waals surface area contributed by atoms with Crippen LogP contribution in [0.5, 0.6) is 5.88 Å². The van der Waals surface area contributed by atoms with Gasteiger partial charge in [0, 0.05) is 31.6 Å². The number of rotatable bonds is 6. The predicted molar refractivity (Wildman–Crippen MR) is 105 cm³/mol. The lowest BCUT2D eigenvalue weighted by Crippen LogP contribution is -2.25. The molecule has 0 aromatic carbocycles. The summed E-state index contributed by atoms with van der Waals surface area (Å²) in [5.74, 6) is -1.56. The van der Waals surface area contributed by atoms with Gasteiger partial charge in [-0.2, -0.15) is 10.1 Å². The highest BCUT2D eigenvalue weighted by Crippen LogP contribution is 2.37. The van der Waals surface area contributed by atoms with E-state index in [1.165, 1.54) is 0 Å². The predicted octanol–water partition coefficient (Wildman–Crippen LogP) is 3.35. The second-order valence-electron chi connectivity index (χ2n) is 8.01. The molecule has 3 aromatic heterocycles. The van der Waals surface area contributed by atoms with E-state index in [4.69, 9.17) is 4.74 Å². The summed E-state index contributed by atoms with van der Waals surface area (Å²) < 4.78 is 36.1. The normalized spacial score (nSPS) is 16.7. The van der Waals surface area contributed by atoms with E-state index < -0.39 is 5.92 Å². The maximum atomic E-state index is 13.5. The van der Waals surface area contributed by atoms with E-state index in [0.717, 1.165) is 17.1 Å². The minimum absolute atomic E-state index is 0.0664. The van der Waals surface area contributed by atoms with Crippen molar-refractivity contribution in [1.29, 1.82) is 0 Å². The van der Waals surface area contributed by atoms with E-state index in [9.17, 15) is 8.78 Å². The first-order valence-corrected chi connectivity index (χ1v) is 10.0. The maximum Gasteiger partial charge on any atom is 0.254 e. The summed E-state index contributed by atoms with van der Waals surface area (Å²) in [6, 6.07) is 3.72. The monoisotopic (exact) mass is 417 g/mol. The first kappa shape index (κ1) is 20.4. The maximum absolute atomic E-state index is 13.5. The third kappa shape index (κ3) is 4.80. The highest BCUT2D eigenvalue weighted by atomic mass is 19.3. The lowest BCUT2D eigenvalue weighted by molar-refractivity contribution is -0.0457. The summed E-state index contributed by atoms with van der Waals surface area (Å²) in [7, 11) is 1.79. The van der Waals surface area contributed by atoms with Gasteiger partial charge in [0.05, 0.1) is 17.6 Å². The van der Waals surface area contributed by atoms with E-state index in [2.05, 4.69) is 25.4 Å². The fourth-order valence-electron chi connectivity index (χ4n) is 3.77. The fourth-order valence-corrected chi connectivity index (χ4v) is 3.77. The van der Waals surface area contributed by atoms with Crippen molar-refractivity contribution in [3.8, 4) is 11.8 Å². The van der Waals surface area contributed by atoms with Gasteiger partial charge in [-0.1, -0.05) is 5.21 Å². The molecule has 0 N–H and O–H groups in total. The van der Waals surface area contributed by atoms with E-state index in [-0.39, 0.29) is 25.4 Å². The van der Waals surface area contributed by atoms with Crippen LogP contribution in [0.3, 0.4) is 0 Å². The molecule has 3 heterocycles. The van der Waals surface area contributed by atoms with Gasteiger partial charge in [-0.3, -0.25) is 4.68 Å². The molecule has 4 rings (SSSR count). The van der Waals surface area contributed by atoms with Gasteiger partial charge in [0.15, 0.2) is 0 Å². The molecule has 3 aromatic rings. The molecule has 0 spiro atoms. The van der Waals surface area contributed by atoms with Crippen LogP contribution in [0.2, 0.25) is 0 Å². The molecule has 0 radical (unpaired) electrons. The number of hydrogen-bond acceptors (Lipinski definition) is 6. The van der Waals surface area contributed by atoms with Gasteiger partial charge in [-0.15, -0.1) is 5.10 Å². The first-order chi connectivity index (χ1) is 14.3. The molecule has 0 atom stereocenters. The van der Waals surface area contributed by atoms with Crippen LogP contribution in [0.4, 0.5) is 8.78 Å². The molecule has 0 aliphatic heterocycles. The molecule has 8 nitrogen and oxygen atoms in total. The highest BCUT2D eigenvalue weighted by Gasteiger charge is 2.35. The third-order valence-corrected chi connectivity index (χ3v) is 5.30. The zero-order valence-corrected chi connectivity index (χ0v) is 17.3. The van der Waals surface area contributed by atoms with Crippen LogP contribution in [0.25, 0.3) is 5.95 Å². The minimum atomic E-state index is -2.54. The van der Waals surface area contributed by atoms with Crippen molar-refractivity contribution in [3.05, 3.63) is 41.1 Å². The minimum Gasteiger partial charge on any atom is -0.471 e. The van der Waals surface area contributed by atoms with Gasteiger partial charge >= 0.3 is 0 Å². The molecule has 1 saturated carbocycles. The molecule has 30 heavy (non-hydrogen) atoms. The summed E-state index contributed by atoms with van der Waals surface area (Å²) in [4.78, 5) is 9.17. The van der Waals surface area contributed by atoms with Crippen LogP contribution >= 0.6 is 0 Å². The van der Waals surface area contributed by atoms with Gasteiger partial charge in [-0.05, 0) is 45.1 Å². The summed E-state index contributed by atoms with van der Waals surface area (Å²) in [6.45, 7) is 4.05. The Kier molecular flexibility index (Phi) is 5.48. The van der Waals surface area contributed by atoms with Crippen molar-refractivity contribution in [2.45, 2.75) is 58.5 Å². The Labute approximate surface area is 173 Å². The Hall–Kier alpha value is -2.91. The van der Waals surface area contributed by atoms with Gasteiger partial charge in [0.25, 0.3) is 5.95 Å². The zero-order chi connectivity index (χ0) is 21.3. The Morgan fingerprint density at radius 3 is 2.53 bits per heavy atom. The number of hydrogen-bond donors (Lipinski definition) is 0. The summed E-state index contributed by atoms with van der Waals surface area (Å²) in [6.07, 6.45) is 3.22. The molecule has 160 valence electrons. The van der Waals surface area contributed by atoms with Crippen LogP contribution < -0.4 is 4.74 Å². The molecule has 0 amide bonds. The average Bonchev–Trinajstić information content (AvgIpc) is 3.26. The lowest BCUT2D eigenvalue weighted by Gasteiger charge is -2.28. The summed E-state index contributed by atoms with van der Waals surface area (Å²) in [5, 5.41) is 12.4. The molecule has 0 unspecified atom stereocenters. The van der Waals surface area contributed by atoms with E-state index in [1.807, 2.05) is 19.9 Å². The van der Waals surface area contributed by atoms with E-state index >= 15 is 0 Å². The largest absolute Gasteiger partial charge is 0.471 e. The van der Waals surface area contributed by atoms with Crippen LogP contribution in [-0.2, 0) is 20.1 Å². The zero-order valence-electron chi connectivity index (χ0n) is 17.3. The average molecular weight is 417 g/mol. The number of alkyl halides is 2. The van der Waals surface area contributed by atoms with Gasteiger partial charge in [0.2, 0.25) is 11.8 Å². The Morgan fingerprint density at radius 2 is 1.90 bits per heavy atom. The van der Waals surface area contributed by atoms with E-state index in [0.29, 0.717) is 36.8 Å². The van der Waals surface area contributed by atoms with Crippen LogP contribution in [-0.4, -0.2) is 40.7 Å². The molecule has 0 saturated heterocycles. The van der Waals surface area contributed by atoms with E-state index in [1.54, 1.807) is 28.7 Å². The second-order valence-corrected chi connectivity index (χ2v) is 8.01. The summed E-state index contributed by atoms with van der Waals surface area (Å²) >= 11 is 0. The second kappa shape index (κ2) is 8.08. The Balaban J connectivity index is 1.58. The SMILES string of the molecule is Cc1cc(C)n(-c2nc(CC3CCC(F)(F)CC3)cc(OCc3cn(C)nn3)n2)n1. The van der Waals surface area contributed by atoms with Crippen molar-refractivity contribution in [2.75, 3.05) is 0 Å². The third-order valence-electron chi connectivity index (χ3n) is 5.30. The first-order valence-electron chi connectivity index (χ1n) is 10.0. The number of aromatic nitrogens is 7. The van der Waals surface area contributed by atoms with Crippen molar-refractivity contribution in [3.63, 3.8) is 0 Å². The topological polar surface area (TPSA) is 83.5 Å². The molecule has 1 aliphatic carbocycles. The molecular weight excluding hydrogens is 392 g/mol. The number of aryl methyl sites for hydroxylation is 3. The summed E-state index contributed by atoms with van der Waals surface area (Å²) in [5.41, 5.74) is 3.21. The van der Waals surface area contributed by atoms with Gasteiger partial charge in [-0.25, -0.2) is 18.4 Å². The fraction of sp³-hybridized carbons (Fsp3) is 0.550. The van der Waals surface area contributed by atoms with Crippen LogP contribution in [0.1, 0.15) is 48.5 Å². The van der Waals surface area contributed by atoms with Crippen molar-refractivity contribution in [2.24, 2.45) is 13.0 Å². The van der Waals surface area contributed by atoms with Crippen LogP contribution in [0, 0.1) is 19.8 Å². The highest BCUT2D eigenvalue weighted by molar-refractivity contribution is 5.26. The Bertz CT molecular complexity index is 1020. The molecule has 1 fully saturated rings. The molecule has 1 aliphatic rings. The van der Waals surface area contributed by atoms with Gasteiger partial charge in [0.1, 0.15) is 12.3 Å². The van der Waals surface area contributed by atoms with Crippen molar-refractivity contribution < 1.29 is 13.5 Å². The van der Waals surface area contributed by atoms with Crippen molar-refractivity contribution in [1.82, 2.24) is 34.7 Å². The van der Waals surface area contributed by atoms with Crippen LogP contribution in [0.15, 0.2) is 18.3 Å². The molecule has 10 heteroatoms. The lowest BCUT2D eigenvalue weighted by atomic mass is 9.84. The number of halogens is 2. The Morgan fingerprint density at radius 1 is 1.13 bits per heavy atom. The molecule has 0 bridgehead atoms. The smallest absolute Gasteiger partial charge is 0.254 e. The van der Waals surface area contributed by atoms with Crippen molar-refractivity contribution >= 4 is 0 Å². The number of ether oxygens (including phenoxy) is 1. The quantitative estimate of drug-likeness (QED) is 0.612. The molecular formula is C20H25F2N7O. The standard InChI is InChI=1S/C20H25F2N7O/c1-13-8-14(2)29(26-13)19-23-16(9-15-4-6-20(21,22)7-5-15)10-18(24-19)30-12-17-11-28(3)27-25-17/h8,10-11,15H,4-7,9,12H2,1-3H3. The number of nitrogens with zero attached hydrogens (tertiary/aromatic N) is 7.